The molecule has 2 aromatic carbocycles. The monoisotopic (exact) mass is 415 g/mol. The number of carbonyl (C=O) groups excluding carboxylic acids is 1. The Hall–Kier alpha value is -3.46. The maximum atomic E-state index is 14.4. The molecule has 0 fully saturated rings. The van der Waals surface area contributed by atoms with Gasteiger partial charge in [-0.25, -0.2) is 17.6 Å². The van der Waals surface area contributed by atoms with Crippen molar-refractivity contribution in [3.05, 3.63) is 78.4 Å². The lowest BCUT2D eigenvalue weighted by molar-refractivity contribution is 0.251. The minimum absolute atomic E-state index is 0.106. The molecule has 0 spiro atoms. The molecule has 9 heteroatoms. The molecule has 0 aliphatic heterocycles. The molecule has 2 amide bonds. The maximum Gasteiger partial charge on any atom is 0.319 e. The number of pyridine rings is 1. The average molecular weight is 415 g/mol. The summed E-state index contributed by atoms with van der Waals surface area (Å²) in [6, 6.07) is 12.5. The van der Waals surface area contributed by atoms with Crippen LogP contribution in [-0.4, -0.2) is 26.5 Å². The number of halogens is 1. The summed E-state index contributed by atoms with van der Waals surface area (Å²) in [5, 5.41) is 5.27. The predicted molar refractivity (Wildman–Crippen MR) is 105 cm³/mol. The Morgan fingerprint density at radius 1 is 1.10 bits per heavy atom. The first-order valence-electron chi connectivity index (χ1n) is 8.53. The highest BCUT2D eigenvalue weighted by molar-refractivity contribution is 7.91. The second-order valence-corrected chi connectivity index (χ2v) is 7.89. The molecule has 150 valence electrons. The van der Waals surface area contributed by atoms with Crippen molar-refractivity contribution in [1.82, 2.24) is 10.3 Å². The second-order valence-electron chi connectivity index (χ2n) is 5.97. The van der Waals surface area contributed by atoms with Gasteiger partial charge in [0.15, 0.2) is 11.6 Å². The SMILES string of the molecule is COc1cccc(S(=O)(=O)c2ccc(NC(=O)NCc3cccnc3)cc2)c1F. The van der Waals surface area contributed by atoms with Crippen LogP contribution in [0.1, 0.15) is 5.56 Å². The summed E-state index contributed by atoms with van der Waals surface area (Å²) in [6.45, 7) is 0.293. The Morgan fingerprint density at radius 3 is 2.52 bits per heavy atom. The second kappa shape index (κ2) is 8.70. The lowest BCUT2D eigenvalue weighted by Gasteiger charge is -2.10. The first kappa shape index (κ1) is 20.3. The van der Waals surface area contributed by atoms with Gasteiger partial charge in [-0.05, 0) is 48.0 Å². The number of hydrogen-bond acceptors (Lipinski definition) is 5. The number of rotatable bonds is 6. The molecule has 1 aromatic heterocycles. The Morgan fingerprint density at radius 2 is 1.86 bits per heavy atom. The van der Waals surface area contributed by atoms with Gasteiger partial charge in [0.2, 0.25) is 9.84 Å². The fraction of sp³-hybridized carbons (Fsp3) is 0.100. The number of nitrogens with zero attached hydrogens (tertiary/aromatic N) is 1. The molecule has 2 N–H and O–H groups in total. The largest absolute Gasteiger partial charge is 0.494 e. The molecule has 0 radical (unpaired) electrons. The Balaban J connectivity index is 1.70. The van der Waals surface area contributed by atoms with E-state index in [4.69, 9.17) is 4.74 Å². The van der Waals surface area contributed by atoms with E-state index in [2.05, 4.69) is 15.6 Å². The van der Waals surface area contributed by atoms with Crippen molar-refractivity contribution in [3.63, 3.8) is 0 Å². The van der Waals surface area contributed by atoms with Gasteiger partial charge in [-0.3, -0.25) is 4.98 Å². The highest BCUT2D eigenvalue weighted by atomic mass is 32.2. The van der Waals surface area contributed by atoms with E-state index in [9.17, 15) is 17.6 Å². The van der Waals surface area contributed by atoms with Crippen molar-refractivity contribution in [3.8, 4) is 5.75 Å². The number of aromatic nitrogens is 1. The zero-order valence-corrected chi connectivity index (χ0v) is 16.2. The summed E-state index contributed by atoms with van der Waals surface area (Å²) < 4.78 is 44.6. The van der Waals surface area contributed by atoms with E-state index in [1.165, 1.54) is 49.6 Å². The Labute approximate surface area is 167 Å². The molecule has 0 saturated carbocycles. The predicted octanol–water partition coefficient (Wildman–Crippen LogP) is 3.38. The van der Waals surface area contributed by atoms with Crippen LogP contribution in [-0.2, 0) is 16.4 Å². The standard InChI is InChI=1S/C20H18FN3O4S/c1-28-17-5-2-6-18(19(17)21)29(26,27)16-9-7-15(8-10-16)24-20(25)23-13-14-4-3-11-22-12-14/h2-12H,13H2,1H3,(H2,23,24,25). The summed E-state index contributed by atoms with van der Waals surface area (Å²) in [7, 11) is -2.83. The summed E-state index contributed by atoms with van der Waals surface area (Å²) in [4.78, 5) is 15.4. The van der Waals surface area contributed by atoms with E-state index in [-0.39, 0.29) is 10.6 Å². The van der Waals surface area contributed by atoms with Crippen LogP contribution in [0.2, 0.25) is 0 Å². The van der Waals surface area contributed by atoms with Crippen LogP contribution in [0.5, 0.6) is 5.75 Å². The molecule has 0 aliphatic rings. The summed E-state index contributed by atoms with van der Waals surface area (Å²) >= 11 is 0. The molecular weight excluding hydrogens is 397 g/mol. The average Bonchev–Trinajstić information content (AvgIpc) is 2.73. The summed E-state index contributed by atoms with van der Waals surface area (Å²) in [6.07, 6.45) is 3.27. The van der Waals surface area contributed by atoms with E-state index >= 15 is 0 Å². The molecule has 29 heavy (non-hydrogen) atoms. The van der Waals surface area contributed by atoms with Crippen molar-refractivity contribution >= 4 is 21.6 Å². The van der Waals surface area contributed by atoms with Crippen LogP contribution in [0.3, 0.4) is 0 Å². The van der Waals surface area contributed by atoms with Gasteiger partial charge in [0, 0.05) is 24.6 Å². The zero-order valence-electron chi connectivity index (χ0n) is 15.4. The van der Waals surface area contributed by atoms with E-state index in [0.29, 0.717) is 12.2 Å². The number of benzene rings is 2. The minimum Gasteiger partial charge on any atom is -0.494 e. The van der Waals surface area contributed by atoms with Crippen LogP contribution in [0.4, 0.5) is 14.9 Å². The van der Waals surface area contributed by atoms with E-state index < -0.39 is 26.6 Å². The smallest absolute Gasteiger partial charge is 0.319 e. The summed E-state index contributed by atoms with van der Waals surface area (Å²) in [5.41, 5.74) is 1.23. The van der Waals surface area contributed by atoms with Crippen LogP contribution < -0.4 is 15.4 Å². The van der Waals surface area contributed by atoms with Gasteiger partial charge in [-0.15, -0.1) is 0 Å². The molecule has 3 aromatic rings. The van der Waals surface area contributed by atoms with Gasteiger partial charge in [0.1, 0.15) is 4.90 Å². The number of anilines is 1. The van der Waals surface area contributed by atoms with Crippen LogP contribution in [0.25, 0.3) is 0 Å². The molecule has 1 heterocycles. The number of amides is 2. The van der Waals surface area contributed by atoms with Gasteiger partial charge < -0.3 is 15.4 Å². The lowest BCUT2D eigenvalue weighted by atomic mass is 10.3. The third kappa shape index (κ3) is 4.69. The van der Waals surface area contributed by atoms with Gasteiger partial charge in [-0.2, -0.15) is 0 Å². The fourth-order valence-corrected chi connectivity index (χ4v) is 3.90. The van der Waals surface area contributed by atoms with Crippen molar-refractivity contribution < 1.29 is 22.3 Å². The quantitative estimate of drug-likeness (QED) is 0.643. The van der Waals surface area contributed by atoms with Gasteiger partial charge in [0.25, 0.3) is 0 Å². The van der Waals surface area contributed by atoms with E-state index in [1.807, 2.05) is 6.07 Å². The topological polar surface area (TPSA) is 97.4 Å². The molecule has 7 nitrogen and oxygen atoms in total. The first-order valence-corrected chi connectivity index (χ1v) is 10.0. The molecule has 0 unspecified atom stereocenters. The highest BCUT2D eigenvalue weighted by Gasteiger charge is 2.24. The number of ether oxygens (including phenoxy) is 1. The molecule has 0 saturated heterocycles. The van der Waals surface area contributed by atoms with Crippen LogP contribution in [0, 0.1) is 5.82 Å². The molecule has 0 aliphatic carbocycles. The van der Waals surface area contributed by atoms with Gasteiger partial charge >= 0.3 is 6.03 Å². The zero-order chi connectivity index (χ0) is 20.9. The minimum atomic E-state index is -4.08. The van der Waals surface area contributed by atoms with E-state index in [1.54, 1.807) is 18.5 Å². The van der Waals surface area contributed by atoms with E-state index in [0.717, 1.165) is 5.56 Å². The number of sulfone groups is 1. The van der Waals surface area contributed by atoms with Crippen LogP contribution >= 0.6 is 0 Å². The Kier molecular flexibility index (Phi) is 6.08. The van der Waals surface area contributed by atoms with Crippen molar-refractivity contribution in [1.29, 1.82) is 0 Å². The van der Waals surface area contributed by atoms with Crippen molar-refractivity contribution in [2.24, 2.45) is 0 Å². The molecular formula is C20H18FN3O4S. The van der Waals surface area contributed by atoms with Gasteiger partial charge in [0.05, 0.1) is 12.0 Å². The normalized spacial score (nSPS) is 11.0. The molecule has 0 bridgehead atoms. The lowest BCUT2D eigenvalue weighted by Crippen LogP contribution is -2.28. The highest BCUT2D eigenvalue weighted by Crippen LogP contribution is 2.29. The van der Waals surface area contributed by atoms with Crippen molar-refractivity contribution in [2.45, 2.75) is 16.3 Å². The van der Waals surface area contributed by atoms with Crippen LogP contribution in [0.15, 0.2) is 76.8 Å². The number of carbonyl (C=O) groups is 1. The number of nitrogens with one attached hydrogen (secondary N) is 2. The Bertz CT molecular complexity index is 1100. The fourth-order valence-electron chi connectivity index (χ4n) is 2.56. The van der Waals surface area contributed by atoms with Gasteiger partial charge in [-0.1, -0.05) is 12.1 Å². The number of hydrogen-bond donors (Lipinski definition) is 2. The number of urea groups is 1. The first-order chi connectivity index (χ1) is 13.9. The third-order valence-electron chi connectivity index (χ3n) is 4.04. The third-order valence-corrected chi connectivity index (χ3v) is 5.82. The maximum absolute atomic E-state index is 14.4. The summed E-state index contributed by atoms with van der Waals surface area (Å²) in [5.74, 6) is -1.11. The molecule has 0 atom stereocenters. The molecule has 3 rings (SSSR count). The number of methoxy groups -OCH3 is 1. The van der Waals surface area contributed by atoms with Crippen molar-refractivity contribution in [2.75, 3.05) is 12.4 Å².